The molecule has 0 heterocycles. The summed E-state index contributed by atoms with van der Waals surface area (Å²) < 4.78 is 12.8. The summed E-state index contributed by atoms with van der Waals surface area (Å²) in [6.45, 7) is 1.38. The molecule has 2 N–H and O–H groups in total. The molecule has 3 nitrogen and oxygen atoms in total. The van der Waals surface area contributed by atoms with Crippen molar-refractivity contribution in [3.8, 4) is 5.75 Å². The number of phenols is 1. The van der Waals surface area contributed by atoms with Gasteiger partial charge in [-0.2, -0.15) is 0 Å². The van der Waals surface area contributed by atoms with Crippen LogP contribution < -0.4 is 0 Å². The van der Waals surface area contributed by atoms with Crippen LogP contribution in [-0.2, 0) is 4.79 Å². The van der Waals surface area contributed by atoms with Crippen molar-refractivity contribution in [3.63, 3.8) is 0 Å². The van der Waals surface area contributed by atoms with Crippen molar-refractivity contribution in [2.75, 3.05) is 0 Å². The molecule has 0 amide bonds. The molecule has 1 aromatic rings. The number of halogens is 2. The van der Waals surface area contributed by atoms with Crippen molar-refractivity contribution >= 4 is 17.6 Å². The van der Waals surface area contributed by atoms with E-state index in [9.17, 15) is 14.3 Å². The van der Waals surface area contributed by atoms with Gasteiger partial charge in [0, 0.05) is 11.6 Å². The first-order valence-corrected chi connectivity index (χ1v) is 4.22. The Balaban J connectivity index is 3.22. The predicted octanol–water partition coefficient (Wildman–Crippen LogP) is 2.37. The molecule has 1 unspecified atom stereocenters. The summed E-state index contributed by atoms with van der Waals surface area (Å²) in [5.74, 6) is -3.21. The van der Waals surface area contributed by atoms with Gasteiger partial charge in [-0.3, -0.25) is 4.79 Å². The fraction of sp³-hybridized carbons (Fsp3) is 0.222. The summed E-state index contributed by atoms with van der Waals surface area (Å²) in [5, 5.41) is 17.7. The number of hydrogen-bond acceptors (Lipinski definition) is 2. The lowest BCUT2D eigenvalue weighted by Crippen LogP contribution is -2.07. The maximum absolute atomic E-state index is 12.8. The number of carboxylic acid groups (broad SMARTS) is 1. The number of rotatable bonds is 2. The second kappa shape index (κ2) is 3.84. The zero-order valence-electron chi connectivity index (χ0n) is 7.29. The number of hydrogen-bond donors (Lipinski definition) is 2. The van der Waals surface area contributed by atoms with Crippen LogP contribution in [0.1, 0.15) is 18.4 Å². The largest absolute Gasteiger partial charge is 0.508 e. The first-order chi connectivity index (χ1) is 6.43. The topological polar surface area (TPSA) is 57.5 Å². The normalized spacial score (nSPS) is 12.5. The monoisotopic (exact) mass is 218 g/mol. The number of benzene rings is 1. The van der Waals surface area contributed by atoms with Gasteiger partial charge in [-0.15, -0.1) is 0 Å². The molecule has 0 spiro atoms. The Bertz CT molecular complexity index is 379. The van der Waals surface area contributed by atoms with Crippen LogP contribution in [0.15, 0.2) is 12.1 Å². The summed E-state index contributed by atoms with van der Waals surface area (Å²) in [4.78, 5) is 10.6. The lowest BCUT2D eigenvalue weighted by molar-refractivity contribution is -0.138. The first-order valence-electron chi connectivity index (χ1n) is 3.84. The van der Waals surface area contributed by atoms with Gasteiger partial charge in [-0.1, -0.05) is 11.6 Å². The van der Waals surface area contributed by atoms with Crippen LogP contribution in [0, 0.1) is 5.82 Å². The molecular formula is C9H8ClFO3. The van der Waals surface area contributed by atoms with Gasteiger partial charge in [0.15, 0.2) is 0 Å². The molecule has 76 valence electrons. The van der Waals surface area contributed by atoms with Crippen molar-refractivity contribution in [1.82, 2.24) is 0 Å². The Hall–Kier alpha value is -1.29. The van der Waals surface area contributed by atoms with Crippen molar-refractivity contribution in [2.45, 2.75) is 12.8 Å². The lowest BCUT2D eigenvalue weighted by atomic mass is 10.0. The molecule has 14 heavy (non-hydrogen) atoms. The van der Waals surface area contributed by atoms with Crippen LogP contribution in [-0.4, -0.2) is 16.2 Å². The molecule has 0 aliphatic rings. The predicted molar refractivity (Wildman–Crippen MR) is 49.1 cm³/mol. The van der Waals surface area contributed by atoms with E-state index in [1.54, 1.807) is 0 Å². The summed E-state index contributed by atoms with van der Waals surface area (Å²) in [6, 6.07) is 1.92. The van der Waals surface area contributed by atoms with Gasteiger partial charge in [-0.25, -0.2) is 4.39 Å². The Kier molecular flexibility index (Phi) is 2.96. The third kappa shape index (κ3) is 1.96. The summed E-state index contributed by atoms with van der Waals surface area (Å²) >= 11 is 5.46. The SMILES string of the molecule is CC(C(=O)O)c1cc(Cl)c(F)cc1O. The Morgan fingerprint density at radius 2 is 2.14 bits per heavy atom. The Morgan fingerprint density at radius 1 is 1.57 bits per heavy atom. The van der Waals surface area contributed by atoms with E-state index in [4.69, 9.17) is 16.7 Å². The van der Waals surface area contributed by atoms with E-state index in [2.05, 4.69) is 0 Å². The van der Waals surface area contributed by atoms with Crippen LogP contribution in [0.5, 0.6) is 5.75 Å². The molecule has 1 rings (SSSR count). The molecule has 0 fully saturated rings. The molecule has 0 aliphatic heterocycles. The van der Waals surface area contributed by atoms with Gasteiger partial charge in [0.25, 0.3) is 0 Å². The molecular weight excluding hydrogens is 211 g/mol. The Labute approximate surface area is 84.7 Å². The molecule has 1 aromatic carbocycles. The van der Waals surface area contributed by atoms with Crippen LogP contribution in [0.4, 0.5) is 4.39 Å². The van der Waals surface area contributed by atoms with Crippen molar-refractivity contribution in [1.29, 1.82) is 0 Å². The van der Waals surface area contributed by atoms with E-state index in [0.29, 0.717) is 0 Å². The summed E-state index contributed by atoms with van der Waals surface area (Å²) in [5.41, 5.74) is 0.101. The van der Waals surface area contributed by atoms with Gasteiger partial charge >= 0.3 is 5.97 Å². The number of aliphatic carboxylic acids is 1. The number of aromatic hydroxyl groups is 1. The van der Waals surface area contributed by atoms with Gasteiger partial charge in [-0.05, 0) is 13.0 Å². The highest BCUT2D eigenvalue weighted by Crippen LogP contribution is 2.30. The van der Waals surface area contributed by atoms with Crippen LogP contribution in [0.2, 0.25) is 5.02 Å². The van der Waals surface area contributed by atoms with E-state index in [-0.39, 0.29) is 10.6 Å². The van der Waals surface area contributed by atoms with Crippen molar-refractivity contribution < 1.29 is 19.4 Å². The second-order valence-electron chi connectivity index (χ2n) is 2.89. The van der Waals surface area contributed by atoms with Crippen LogP contribution >= 0.6 is 11.6 Å². The maximum Gasteiger partial charge on any atom is 0.310 e. The van der Waals surface area contributed by atoms with Crippen LogP contribution in [0.3, 0.4) is 0 Å². The second-order valence-corrected chi connectivity index (χ2v) is 3.29. The number of carboxylic acids is 1. The standard InChI is InChI=1S/C9H8ClFO3/c1-4(9(13)14)5-2-6(10)7(11)3-8(5)12/h2-4,12H,1H3,(H,13,14). The fourth-order valence-corrected chi connectivity index (χ4v) is 1.20. The minimum absolute atomic E-state index is 0.101. The molecule has 5 heteroatoms. The number of carbonyl (C=O) groups is 1. The quantitative estimate of drug-likeness (QED) is 0.801. The first kappa shape index (κ1) is 10.8. The van der Waals surface area contributed by atoms with Crippen LogP contribution in [0.25, 0.3) is 0 Å². The highest BCUT2D eigenvalue weighted by atomic mass is 35.5. The van der Waals surface area contributed by atoms with E-state index in [0.717, 1.165) is 12.1 Å². The maximum atomic E-state index is 12.8. The molecule has 0 bridgehead atoms. The van der Waals surface area contributed by atoms with Gasteiger partial charge < -0.3 is 10.2 Å². The highest BCUT2D eigenvalue weighted by molar-refractivity contribution is 6.30. The zero-order chi connectivity index (χ0) is 10.9. The molecule has 1 atom stereocenters. The molecule has 0 saturated carbocycles. The molecule has 0 saturated heterocycles. The smallest absolute Gasteiger partial charge is 0.310 e. The lowest BCUT2D eigenvalue weighted by Gasteiger charge is -2.09. The summed E-state index contributed by atoms with van der Waals surface area (Å²) in [6.07, 6.45) is 0. The van der Waals surface area contributed by atoms with Gasteiger partial charge in [0.1, 0.15) is 11.6 Å². The van der Waals surface area contributed by atoms with Gasteiger partial charge in [0.2, 0.25) is 0 Å². The van der Waals surface area contributed by atoms with E-state index in [1.807, 2.05) is 0 Å². The summed E-state index contributed by atoms with van der Waals surface area (Å²) in [7, 11) is 0. The van der Waals surface area contributed by atoms with E-state index < -0.39 is 23.5 Å². The third-order valence-electron chi connectivity index (χ3n) is 1.91. The average Bonchev–Trinajstić information content (AvgIpc) is 2.10. The molecule has 0 aliphatic carbocycles. The number of phenolic OH excluding ortho intramolecular Hbond substituents is 1. The van der Waals surface area contributed by atoms with Crippen molar-refractivity contribution in [3.05, 3.63) is 28.5 Å². The van der Waals surface area contributed by atoms with E-state index >= 15 is 0 Å². The third-order valence-corrected chi connectivity index (χ3v) is 2.20. The minimum Gasteiger partial charge on any atom is -0.508 e. The average molecular weight is 219 g/mol. The highest BCUT2D eigenvalue weighted by Gasteiger charge is 2.19. The Morgan fingerprint density at radius 3 is 2.64 bits per heavy atom. The zero-order valence-corrected chi connectivity index (χ0v) is 8.05. The van der Waals surface area contributed by atoms with Crippen molar-refractivity contribution in [2.24, 2.45) is 0 Å². The molecule has 0 radical (unpaired) electrons. The minimum atomic E-state index is -1.11. The van der Waals surface area contributed by atoms with Gasteiger partial charge in [0.05, 0.1) is 10.9 Å². The fourth-order valence-electron chi connectivity index (χ4n) is 1.03. The molecule has 0 aromatic heterocycles. The van der Waals surface area contributed by atoms with E-state index in [1.165, 1.54) is 6.92 Å².